The van der Waals surface area contributed by atoms with E-state index in [1.807, 2.05) is 43.3 Å². The maximum Gasteiger partial charge on any atom is 0.213 e. The Kier molecular flexibility index (Phi) is 4.79. The Morgan fingerprint density at radius 3 is 2.43 bits per heavy atom. The van der Waals surface area contributed by atoms with Gasteiger partial charge in [-0.15, -0.1) is 0 Å². The van der Waals surface area contributed by atoms with Crippen molar-refractivity contribution >= 4 is 5.71 Å². The molecule has 2 aliphatic rings. The Hall–Kier alpha value is -3.47. The second kappa shape index (κ2) is 7.75. The fraction of sp³-hybridized carbons (Fsp3) is 0.240. The molecule has 152 valence electrons. The van der Waals surface area contributed by atoms with Gasteiger partial charge in [0.25, 0.3) is 0 Å². The van der Waals surface area contributed by atoms with E-state index in [1.165, 1.54) is 5.56 Å². The van der Waals surface area contributed by atoms with Gasteiger partial charge in [-0.1, -0.05) is 18.2 Å². The summed E-state index contributed by atoms with van der Waals surface area (Å²) in [4.78, 5) is 0. The summed E-state index contributed by atoms with van der Waals surface area (Å²) in [5, 5.41) is 7.10. The molecule has 0 fully saturated rings. The lowest BCUT2D eigenvalue weighted by molar-refractivity contribution is -0.0190. The molecule has 5 nitrogen and oxygen atoms in total. The van der Waals surface area contributed by atoms with Crippen molar-refractivity contribution < 1.29 is 14.2 Å². The Labute approximate surface area is 176 Å². The average Bonchev–Trinajstić information content (AvgIpc) is 3.25. The van der Waals surface area contributed by atoms with Crippen LogP contribution in [0.1, 0.15) is 42.3 Å². The first-order chi connectivity index (χ1) is 14.8. The molecule has 0 aromatic heterocycles. The highest BCUT2D eigenvalue weighted by Gasteiger charge is 2.40. The molecule has 0 radical (unpaired) electrons. The van der Waals surface area contributed by atoms with Crippen molar-refractivity contribution in [2.75, 3.05) is 13.7 Å². The molecule has 0 saturated heterocycles. The SMILES string of the molecule is CCOc1ccc([C@@H]2Oc3ccccc3[C@H]3CC(c4ccc(OC)cc4)=NN32)cc1. The minimum absolute atomic E-state index is 0.142. The van der Waals surface area contributed by atoms with Gasteiger partial charge in [0.15, 0.2) is 0 Å². The van der Waals surface area contributed by atoms with Crippen molar-refractivity contribution in [2.45, 2.75) is 25.6 Å². The van der Waals surface area contributed by atoms with Gasteiger partial charge in [0, 0.05) is 17.5 Å². The van der Waals surface area contributed by atoms with Crippen LogP contribution < -0.4 is 14.2 Å². The van der Waals surface area contributed by atoms with Crippen molar-refractivity contribution in [3.63, 3.8) is 0 Å². The van der Waals surface area contributed by atoms with Crippen molar-refractivity contribution in [3.05, 3.63) is 89.5 Å². The molecule has 0 aliphatic carbocycles. The zero-order valence-corrected chi connectivity index (χ0v) is 17.1. The molecule has 5 heteroatoms. The molecule has 0 N–H and O–H groups in total. The maximum atomic E-state index is 6.41. The second-order valence-electron chi connectivity index (χ2n) is 7.39. The Bertz CT molecular complexity index is 1060. The highest BCUT2D eigenvalue weighted by Crippen LogP contribution is 2.47. The third-order valence-electron chi connectivity index (χ3n) is 5.60. The van der Waals surface area contributed by atoms with Crippen LogP contribution in [0.15, 0.2) is 77.9 Å². The molecule has 0 saturated carbocycles. The number of fused-ring (bicyclic) bond motifs is 3. The Morgan fingerprint density at radius 1 is 0.967 bits per heavy atom. The van der Waals surface area contributed by atoms with Gasteiger partial charge in [0.1, 0.15) is 17.2 Å². The number of ether oxygens (including phenoxy) is 3. The van der Waals surface area contributed by atoms with Gasteiger partial charge in [-0.05, 0) is 67.1 Å². The summed E-state index contributed by atoms with van der Waals surface area (Å²) >= 11 is 0. The van der Waals surface area contributed by atoms with E-state index in [1.54, 1.807) is 7.11 Å². The first-order valence-corrected chi connectivity index (χ1v) is 10.3. The molecule has 30 heavy (non-hydrogen) atoms. The molecule has 2 heterocycles. The van der Waals surface area contributed by atoms with Crippen LogP contribution in [-0.2, 0) is 0 Å². The van der Waals surface area contributed by atoms with Crippen molar-refractivity contribution in [1.29, 1.82) is 0 Å². The van der Waals surface area contributed by atoms with Crippen LogP contribution in [0.3, 0.4) is 0 Å². The highest BCUT2D eigenvalue weighted by molar-refractivity contribution is 6.02. The zero-order valence-electron chi connectivity index (χ0n) is 17.1. The predicted molar refractivity (Wildman–Crippen MR) is 116 cm³/mol. The molecule has 2 aliphatic heterocycles. The minimum atomic E-state index is -0.281. The third-order valence-corrected chi connectivity index (χ3v) is 5.60. The topological polar surface area (TPSA) is 43.3 Å². The summed E-state index contributed by atoms with van der Waals surface area (Å²) in [5.74, 6) is 2.62. The number of methoxy groups -OCH3 is 1. The molecule has 0 unspecified atom stereocenters. The van der Waals surface area contributed by atoms with Gasteiger partial charge in [-0.3, -0.25) is 0 Å². The number of rotatable bonds is 5. The summed E-state index contributed by atoms with van der Waals surface area (Å²) in [5.41, 5.74) is 4.39. The molecule has 5 rings (SSSR count). The fourth-order valence-corrected chi connectivity index (χ4v) is 4.11. The fourth-order valence-electron chi connectivity index (χ4n) is 4.11. The van der Waals surface area contributed by atoms with Crippen molar-refractivity contribution in [1.82, 2.24) is 5.01 Å². The lowest BCUT2D eigenvalue weighted by Gasteiger charge is -2.38. The number of hydrogen-bond acceptors (Lipinski definition) is 5. The van der Waals surface area contributed by atoms with Crippen LogP contribution in [0, 0.1) is 0 Å². The zero-order chi connectivity index (χ0) is 20.5. The molecule has 0 bridgehead atoms. The normalized spacial score (nSPS) is 19.4. The van der Waals surface area contributed by atoms with E-state index >= 15 is 0 Å². The maximum absolute atomic E-state index is 6.41. The molecule has 3 aromatic carbocycles. The first-order valence-electron chi connectivity index (χ1n) is 10.3. The molecular formula is C25H24N2O3. The molecule has 0 amide bonds. The van der Waals surface area contributed by atoms with E-state index < -0.39 is 0 Å². The summed E-state index contributed by atoms with van der Waals surface area (Å²) in [6.07, 6.45) is 0.552. The molecule has 3 aromatic rings. The Balaban J connectivity index is 1.52. The van der Waals surface area contributed by atoms with Gasteiger partial charge in [0.05, 0.1) is 25.5 Å². The Morgan fingerprint density at radius 2 is 1.70 bits per heavy atom. The van der Waals surface area contributed by atoms with Crippen LogP contribution >= 0.6 is 0 Å². The van der Waals surface area contributed by atoms with E-state index in [2.05, 4.69) is 41.4 Å². The summed E-state index contributed by atoms with van der Waals surface area (Å²) < 4.78 is 17.3. The van der Waals surface area contributed by atoms with E-state index in [9.17, 15) is 0 Å². The average molecular weight is 400 g/mol. The van der Waals surface area contributed by atoms with E-state index in [0.29, 0.717) is 6.61 Å². The van der Waals surface area contributed by atoms with E-state index in [4.69, 9.17) is 19.3 Å². The molecule has 0 spiro atoms. The van der Waals surface area contributed by atoms with Crippen LogP contribution in [-0.4, -0.2) is 24.4 Å². The first kappa shape index (κ1) is 18.6. The minimum Gasteiger partial charge on any atom is -0.497 e. The van der Waals surface area contributed by atoms with Crippen LogP contribution in [0.5, 0.6) is 17.2 Å². The van der Waals surface area contributed by atoms with Gasteiger partial charge >= 0.3 is 0 Å². The van der Waals surface area contributed by atoms with Crippen molar-refractivity contribution in [2.24, 2.45) is 5.10 Å². The highest BCUT2D eigenvalue weighted by atomic mass is 16.5. The number of para-hydroxylation sites is 1. The second-order valence-corrected chi connectivity index (χ2v) is 7.39. The monoisotopic (exact) mass is 400 g/mol. The van der Waals surface area contributed by atoms with Gasteiger partial charge in [0.2, 0.25) is 6.23 Å². The lowest BCUT2D eigenvalue weighted by Crippen LogP contribution is -2.33. The van der Waals surface area contributed by atoms with E-state index in [-0.39, 0.29) is 12.3 Å². The van der Waals surface area contributed by atoms with E-state index in [0.717, 1.165) is 40.5 Å². The molecular weight excluding hydrogens is 376 g/mol. The van der Waals surface area contributed by atoms with Gasteiger partial charge in [-0.2, -0.15) is 5.10 Å². The van der Waals surface area contributed by atoms with Crippen molar-refractivity contribution in [3.8, 4) is 17.2 Å². The standard InChI is InChI=1S/C25H24N2O3/c1-3-29-20-14-10-18(11-15-20)25-27-23(21-6-4-5-7-24(21)30-25)16-22(26-27)17-8-12-19(28-2)13-9-17/h4-15,23,25H,3,16H2,1-2H3/t23-,25+/m1/s1. The number of hydrogen-bond donors (Lipinski definition) is 0. The van der Waals surface area contributed by atoms with Crippen LogP contribution in [0.4, 0.5) is 0 Å². The molecule has 2 atom stereocenters. The largest absolute Gasteiger partial charge is 0.497 e. The van der Waals surface area contributed by atoms with Gasteiger partial charge in [-0.25, -0.2) is 5.01 Å². The number of benzene rings is 3. The number of nitrogens with zero attached hydrogens (tertiary/aromatic N) is 2. The smallest absolute Gasteiger partial charge is 0.213 e. The predicted octanol–water partition coefficient (Wildman–Crippen LogP) is 5.34. The van der Waals surface area contributed by atoms with Gasteiger partial charge < -0.3 is 14.2 Å². The summed E-state index contributed by atoms with van der Waals surface area (Å²) in [6, 6.07) is 24.6. The number of hydrazone groups is 1. The van der Waals surface area contributed by atoms with Crippen LogP contribution in [0.2, 0.25) is 0 Å². The van der Waals surface area contributed by atoms with Crippen LogP contribution in [0.25, 0.3) is 0 Å². The quantitative estimate of drug-likeness (QED) is 0.580. The third kappa shape index (κ3) is 3.26. The summed E-state index contributed by atoms with van der Waals surface area (Å²) in [6.45, 7) is 2.63. The lowest BCUT2D eigenvalue weighted by atomic mass is 9.96. The summed E-state index contributed by atoms with van der Waals surface area (Å²) in [7, 11) is 1.68.